The largest absolute Gasteiger partial charge is 0.397 e. The Morgan fingerprint density at radius 1 is 1.77 bits per heavy atom. The monoisotopic (exact) mass is 183 g/mol. The second-order valence-corrected chi connectivity index (χ2v) is 2.80. The summed E-state index contributed by atoms with van der Waals surface area (Å²) in [5, 5.41) is 8.61. The van der Waals surface area contributed by atoms with Crippen molar-refractivity contribution in [2.45, 2.75) is 0 Å². The predicted molar refractivity (Wildman–Crippen MR) is 49.3 cm³/mol. The van der Waals surface area contributed by atoms with E-state index in [0.717, 1.165) is 0 Å². The SMILES string of the molecule is CN(CCO)C(=O)c1cc(N)c[nH]1. The molecule has 0 saturated carbocycles. The average molecular weight is 183 g/mol. The first-order valence-corrected chi connectivity index (χ1v) is 3.95. The molecule has 72 valence electrons. The molecule has 0 unspecified atom stereocenters. The first kappa shape index (κ1) is 9.60. The summed E-state index contributed by atoms with van der Waals surface area (Å²) >= 11 is 0. The highest BCUT2D eigenvalue weighted by atomic mass is 16.3. The minimum atomic E-state index is -0.175. The molecule has 0 bridgehead atoms. The van der Waals surface area contributed by atoms with Gasteiger partial charge in [0.25, 0.3) is 5.91 Å². The van der Waals surface area contributed by atoms with Gasteiger partial charge in [0.15, 0.2) is 0 Å². The van der Waals surface area contributed by atoms with E-state index in [1.54, 1.807) is 19.3 Å². The molecule has 1 rings (SSSR count). The van der Waals surface area contributed by atoms with Crippen LogP contribution in [-0.2, 0) is 0 Å². The van der Waals surface area contributed by atoms with E-state index in [1.807, 2.05) is 0 Å². The van der Waals surface area contributed by atoms with Crippen LogP contribution in [0.2, 0.25) is 0 Å². The Balaban J connectivity index is 2.67. The van der Waals surface area contributed by atoms with Crippen molar-refractivity contribution in [1.29, 1.82) is 0 Å². The number of nitrogens with one attached hydrogen (secondary N) is 1. The van der Waals surface area contributed by atoms with Crippen molar-refractivity contribution in [3.05, 3.63) is 18.0 Å². The van der Waals surface area contributed by atoms with Crippen LogP contribution >= 0.6 is 0 Å². The number of aromatic nitrogens is 1. The molecule has 0 aliphatic carbocycles. The molecule has 5 heteroatoms. The fourth-order valence-corrected chi connectivity index (χ4v) is 0.992. The number of aliphatic hydroxyl groups is 1. The highest BCUT2D eigenvalue weighted by Gasteiger charge is 2.11. The number of nitrogen functional groups attached to an aromatic ring is 1. The number of carbonyl (C=O) groups is 1. The van der Waals surface area contributed by atoms with Crippen LogP contribution in [0.3, 0.4) is 0 Å². The Morgan fingerprint density at radius 3 is 2.92 bits per heavy atom. The van der Waals surface area contributed by atoms with Gasteiger partial charge in [-0.2, -0.15) is 0 Å². The van der Waals surface area contributed by atoms with E-state index in [2.05, 4.69) is 4.98 Å². The molecule has 1 aromatic heterocycles. The van der Waals surface area contributed by atoms with E-state index in [0.29, 0.717) is 17.9 Å². The van der Waals surface area contributed by atoms with Crippen LogP contribution in [0.25, 0.3) is 0 Å². The average Bonchev–Trinajstić information content (AvgIpc) is 2.51. The number of H-pyrrole nitrogens is 1. The van der Waals surface area contributed by atoms with Crippen LogP contribution < -0.4 is 5.73 Å². The molecule has 0 fully saturated rings. The topological polar surface area (TPSA) is 82.3 Å². The molecule has 0 aliphatic rings. The third-order valence-corrected chi connectivity index (χ3v) is 1.72. The van der Waals surface area contributed by atoms with Crippen molar-refractivity contribution in [3.8, 4) is 0 Å². The number of hydrogen-bond donors (Lipinski definition) is 3. The van der Waals surface area contributed by atoms with E-state index in [1.165, 1.54) is 4.90 Å². The summed E-state index contributed by atoms with van der Waals surface area (Å²) in [4.78, 5) is 15.6. The molecule has 1 aromatic rings. The summed E-state index contributed by atoms with van der Waals surface area (Å²) in [5.74, 6) is -0.175. The van der Waals surface area contributed by atoms with Crippen molar-refractivity contribution in [2.75, 3.05) is 25.9 Å². The fraction of sp³-hybridized carbons (Fsp3) is 0.375. The van der Waals surface area contributed by atoms with Gasteiger partial charge < -0.3 is 20.7 Å². The number of nitrogens with two attached hydrogens (primary N) is 1. The quantitative estimate of drug-likeness (QED) is 0.599. The number of anilines is 1. The Morgan fingerprint density at radius 2 is 2.46 bits per heavy atom. The van der Waals surface area contributed by atoms with Gasteiger partial charge in [-0.15, -0.1) is 0 Å². The number of amides is 1. The second-order valence-electron chi connectivity index (χ2n) is 2.80. The number of hydrogen-bond acceptors (Lipinski definition) is 3. The van der Waals surface area contributed by atoms with E-state index >= 15 is 0 Å². The van der Waals surface area contributed by atoms with Crippen molar-refractivity contribution >= 4 is 11.6 Å². The van der Waals surface area contributed by atoms with Gasteiger partial charge in [0, 0.05) is 25.5 Å². The number of nitrogens with zero attached hydrogens (tertiary/aromatic N) is 1. The van der Waals surface area contributed by atoms with Gasteiger partial charge in [-0.3, -0.25) is 4.79 Å². The normalized spacial score (nSPS) is 10.0. The minimum absolute atomic E-state index is 0.0432. The Hall–Kier alpha value is -1.49. The van der Waals surface area contributed by atoms with Gasteiger partial charge in [-0.05, 0) is 6.07 Å². The van der Waals surface area contributed by atoms with Crippen molar-refractivity contribution in [3.63, 3.8) is 0 Å². The Labute approximate surface area is 76.2 Å². The molecule has 1 amide bonds. The van der Waals surface area contributed by atoms with Crippen molar-refractivity contribution in [1.82, 2.24) is 9.88 Å². The molecule has 4 N–H and O–H groups in total. The number of rotatable bonds is 3. The van der Waals surface area contributed by atoms with Gasteiger partial charge in [0.05, 0.1) is 6.61 Å². The standard InChI is InChI=1S/C8H13N3O2/c1-11(2-3-12)8(13)7-4-6(9)5-10-7/h4-5,10,12H,2-3,9H2,1H3. The molecule has 13 heavy (non-hydrogen) atoms. The van der Waals surface area contributed by atoms with E-state index < -0.39 is 0 Å². The molecule has 5 nitrogen and oxygen atoms in total. The third-order valence-electron chi connectivity index (χ3n) is 1.72. The van der Waals surface area contributed by atoms with Gasteiger partial charge >= 0.3 is 0 Å². The van der Waals surface area contributed by atoms with Gasteiger partial charge in [-0.25, -0.2) is 0 Å². The maximum absolute atomic E-state index is 11.5. The van der Waals surface area contributed by atoms with Crippen LogP contribution in [-0.4, -0.2) is 41.1 Å². The van der Waals surface area contributed by atoms with E-state index in [4.69, 9.17) is 10.8 Å². The van der Waals surface area contributed by atoms with Crippen molar-refractivity contribution in [2.24, 2.45) is 0 Å². The fourth-order valence-electron chi connectivity index (χ4n) is 0.992. The lowest BCUT2D eigenvalue weighted by atomic mass is 10.3. The summed E-state index contributed by atoms with van der Waals surface area (Å²) in [6.07, 6.45) is 1.56. The smallest absolute Gasteiger partial charge is 0.270 e. The van der Waals surface area contributed by atoms with Crippen LogP contribution in [0, 0.1) is 0 Å². The lowest BCUT2D eigenvalue weighted by Gasteiger charge is -2.13. The second kappa shape index (κ2) is 3.95. The maximum Gasteiger partial charge on any atom is 0.270 e. The Kier molecular flexibility index (Phi) is 2.92. The van der Waals surface area contributed by atoms with Crippen LogP contribution in [0.5, 0.6) is 0 Å². The molecule has 0 spiro atoms. The number of likely N-dealkylation sites (N-methyl/N-ethyl adjacent to an activating group) is 1. The van der Waals surface area contributed by atoms with E-state index in [9.17, 15) is 4.79 Å². The first-order chi connectivity index (χ1) is 6.15. The molecule has 0 aliphatic heterocycles. The summed E-state index contributed by atoms with van der Waals surface area (Å²) in [7, 11) is 1.62. The van der Waals surface area contributed by atoms with Gasteiger partial charge in [0.1, 0.15) is 5.69 Å². The first-order valence-electron chi connectivity index (χ1n) is 3.95. The van der Waals surface area contributed by atoms with Gasteiger partial charge in [-0.1, -0.05) is 0 Å². The predicted octanol–water partition coefficient (Wildman–Crippen LogP) is -0.339. The molecule has 0 atom stereocenters. The van der Waals surface area contributed by atoms with Crippen LogP contribution in [0.4, 0.5) is 5.69 Å². The summed E-state index contributed by atoms with van der Waals surface area (Å²) in [6, 6.07) is 1.57. The molecular formula is C8H13N3O2. The molecular weight excluding hydrogens is 170 g/mol. The third kappa shape index (κ3) is 2.22. The summed E-state index contributed by atoms with van der Waals surface area (Å²) in [6.45, 7) is 0.274. The highest BCUT2D eigenvalue weighted by molar-refractivity contribution is 5.93. The van der Waals surface area contributed by atoms with Gasteiger partial charge in [0.2, 0.25) is 0 Å². The molecule has 1 heterocycles. The molecule has 0 saturated heterocycles. The lowest BCUT2D eigenvalue weighted by molar-refractivity contribution is 0.0762. The van der Waals surface area contributed by atoms with Crippen LogP contribution in [0.1, 0.15) is 10.5 Å². The van der Waals surface area contributed by atoms with Crippen molar-refractivity contribution < 1.29 is 9.90 Å². The zero-order valence-electron chi connectivity index (χ0n) is 7.45. The molecule has 0 radical (unpaired) electrons. The van der Waals surface area contributed by atoms with E-state index in [-0.39, 0.29) is 12.5 Å². The number of aromatic amines is 1. The summed E-state index contributed by atoms with van der Waals surface area (Å²) in [5.41, 5.74) is 6.41. The van der Waals surface area contributed by atoms with Crippen LogP contribution in [0.15, 0.2) is 12.3 Å². The highest BCUT2D eigenvalue weighted by Crippen LogP contribution is 2.06. The number of carbonyl (C=O) groups excluding carboxylic acids is 1. The minimum Gasteiger partial charge on any atom is -0.397 e. The maximum atomic E-state index is 11.5. The Bertz CT molecular complexity index is 295. The zero-order chi connectivity index (χ0) is 9.84. The zero-order valence-corrected chi connectivity index (χ0v) is 7.45. The summed E-state index contributed by atoms with van der Waals surface area (Å²) < 4.78 is 0. The number of aliphatic hydroxyl groups excluding tert-OH is 1. The lowest BCUT2D eigenvalue weighted by Crippen LogP contribution is -2.29. The molecule has 0 aromatic carbocycles.